The molecule has 0 bridgehead atoms. The Morgan fingerprint density at radius 2 is 1.30 bits per heavy atom. The number of esters is 2. The van der Waals surface area contributed by atoms with Gasteiger partial charge in [0, 0.05) is 28.3 Å². The van der Waals surface area contributed by atoms with E-state index >= 15 is 0 Å². The van der Waals surface area contributed by atoms with Gasteiger partial charge in [-0.15, -0.1) is 20.4 Å². The number of hydrogen-bond acceptors (Lipinski definition) is 13. The van der Waals surface area contributed by atoms with Crippen LogP contribution < -0.4 is 11.0 Å². The van der Waals surface area contributed by atoms with Crippen molar-refractivity contribution in [2.45, 2.75) is 0 Å². The molecule has 4 heterocycles. The molecule has 0 aliphatic heterocycles. The maximum absolute atomic E-state index is 12.5. The minimum atomic E-state index is -0.734. The van der Waals surface area contributed by atoms with Gasteiger partial charge in [0.1, 0.15) is 0 Å². The fraction of sp³-hybridized carbons (Fsp3) is 0.0571. The normalized spacial score (nSPS) is 10.6. The number of hydrogen-bond donors (Lipinski definition) is 2. The highest BCUT2D eigenvalue weighted by molar-refractivity contribution is 6.37. The number of rotatable bonds is 4. The van der Waals surface area contributed by atoms with Crippen molar-refractivity contribution in [3.05, 3.63) is 144 Å². The number of non-ortho nitro benzene ring substituents is 1. The Hall–Kier alpha value is -7.40. The average molecular weight is 734 g/mol. The molecule has 0 unspecified atom stereocenters. The molecule has 0 aliphatic rings. The fourth-order valence-electron chi connectivity index (χ4n) is 5.05. The summed E-state index contributed by atoms with van der Waals surface area (Å²) in [4.78, 5) is 56.9. The third kappa shape index (κ3) is 7.12. The molecule has 8 rings (SSSR count). The molecular weight excluding hydrogens is 710 g/mol. The maximum atomic E-state index is 12.5. The van der Waals surface area contributed by atoms with Crippen LogP contribution in [0.15, 0.2) is 107 Å². The van der Waals surface area contributed by atoms with E-state index in [1.165, 1.54) is 43.2 Å². The molecule has 2 N–H and O–H groups in total. The molecule has 17 nitrogen and oxygen atoms in total. The summed E-state index contributed by atoms with van der Waals surface area (Å²) in [6.45, 7) is 0. The first-order chi connectivity index (χ1) is 25.6. The first kappa shape index (κ1) is 35.4. The van der Waals surface area contributed by atoms with Gasteiger partial charge in [0.05, 0.1) is 51.9 Å². The lowest BCUT2D eigenvalue weighted by molar-refractivity contribution is -0.384. The van der Waals surface area contributed by atoms with Gasteiger partial charge >= 0.3 is 11.9 Å². The van der Waals surface area contributed by atoms with E-state index in [0.717, 1.165) is 5.39 Å². The molecule has 8 aromatic rings. The van der Waals surface area contributed by atoms with Crippen molar-refractivity contribution < 1.29 is 24.0 Å². The number of para-hydroxylation sites is 1. The van der Waals surface area contributed by atoms with E-state index in [1.807, 2.05) is 36.4 Å². The van der Waals surface area contributed by atoms with E-state index in [2.05, 4.69) is 45.2 Å². The predicted octanol–water partition coefficient (Wildman–Crippen LogP) is 4.95. The second-order valence-corrected chi connectivity index (χ2v) is 11.2. The number of aromatic amines is 2. The topological polar surface area (TPSA) is 231 Å². The largest absolute Gasteiger partial charge is 0.464 e. The number of nitrogens with zero attached hydrogens (tertiary/aromatic N) is 7. The van der Waals surface area contributed by atoms with Crippen LogP contribution in [0.1, 0.15) is 21.0 Å². The molecule has 0 aliphatic carbocycles. The van der Waals surface area contributed by atoms with Gasteiger partial charge in [0.15, 0.2) is 11.2 Å². The summed E-state index contributed by atoms with van der Waals surface area (Å²) >= 11 is 6.01. The molecule has 0 radical (unpaired) electrons. The number of ether oxygens (including phenoxy) is 2. The van der Waals surface area contributed by atoms with E-state index in [4.69, 9.17) is 11.6 Å². The van der Waals surface area contributed by atoms with Crippen LogP contribution in [0.2, 0.25) is 5.02 Å². The number of carbonyl (C=O) groups is 2. The quantitative estimate of drug-likeness (QED) is 0.139. The number of halogens is 1. The number of nitro groups is 1. The number of methoxy groups -OCH3 is 2. The first-order valence-corrected chi connectivity index (χ1v) is 15.7. The highest BCUT2D eigenvalue weighted by Gasteiger charge is 2.17. The van der Waals surface area contributed by atoms with Gasteiger partial charge in [-0.25, -0.2) is 14.3 Å². The van der Waals surface area contributed by atoms with Gasteiger partial charge in [-0.2, -0.15) is 5.10 Å². The van der Waals surface area contributed by atoms with Gasteiger partial charge in [-0.1, -0.05) is 60.1 Å². The van der Waals surface area contributed by atoms with Crippen molar-refractivity contribution in [1.29, 1.82) is 0 Å². The van der Waals surface area contributed by atoms with Crippen LogP contribution in [-0.2, 0) is 9.47 Å². The molecular formula is C35H24ClN9O8. The zero-order chi connectivity index (χ0) is 37.6. The Kier molecular flexibility index (Phi) is 10.2. The highest BCUT2D eigenvalue weighted by atomic mass is 35.5. The monoisotopic (exact) mass is 733 g/mol. The predicted molar refractivity (Wildman–Crippen MR) is 193 cm³/mol. The molecule has 0 fully saturated rings. The Bertz CT molecular complexity index is 2800. The standard InChI is InChI=1S/C15H9N5O3.C10H7ClN2O2.C10H8N2O3/c21-15-14-13(11-3-1-2-4-12(11)16-17-14)18-19(15)9-5-7-10(8-6-9)20(22)23;1-15-10(14)9-8(11)6-4-2-3-5-7(6)12-13-9;1-15-10(14)8-9(13)6-4-2-3-5-7(6)11-12-8/h1-8,18H;2-5H,1H3;2-5H,1H3,(H,11,13). The van der Waals surface area contributed by atoms with Crippen LogP contribution in [0.25, 0.3) is 49.4 Å². The molecule has 0 amide bonds. The number of aromatic nitrogens is 8. The molecule has 4 aromatic heterocycles. The lowest BCUT2D eigenvalue weighted by atomic mass is 10.2. The lowest BCUT2D eigenvalue weighted by Gasteiger charge is -2.03. The summed E-state index contributed by atoms with van der Waals surface area (Å²) in [5, 5.41) is 37.8. The molecule has 0 saturated carbocycles. The SMILES string of the molecule is COC(=O)c1n[nH]c2ccccc2c1=O.COC(=O)c1nnc2ccccc2c1Cl.O=c1c2nnc3ccccc3c2[nH]n1-c1ccc([N+](=O)[O-])cc1. The zero-order valence-electron chi connectivity index (χ0n) is 27.5. The molecule has 264 valence electrons. The van der Waals surface area contributed by atoms with Gasteiger partial charge in [-0.3, -0.25) is 29.9 Å². The van der Waals surface area contributed by atoms with Crippen molar-refractivity contribution in [1.82, 2.24) is 40.4 Å². The highest BCUT2D eigenvalue weighted by Crippen LogP contribution is 2.24. The van der Waals surface area contributed by atoms with Gasteiger partial charge in [0.25, 0.3) is 11.2 Å². The smallest absolute Gasteiger partial charge is 0.362 e. The third-order valence-electron chi connectivity index (χ3n) is 7.65. The Morgan fingerprint density at radius 1 is 0.736 bits per heavy atom. The van der Waals surface area contributed by atoms with E-state index < -0.39 is 22.3 Å². The van der Waals surface area contributed by atoms with E-state index in [1.54, 1.807) is 36.4 Å². The number of nitro benzene ring substituents is 1. The maximum Gasteiger partial charge on any atom is 0.362 e. The second kappa shape index (κ2) is 15.2. The summed E-state index contributed by atoms with van der Waals surface area (Å²) < 4.78 is 10.3. The molecule has 0 spiro atoms. The van der Waals surface area contributed by atoms with Crippen LogP contribution in [0.3, 0.4) is 0 Å². The number of nitrogens with one attached hydrogen (secondary N) is 2. The molecule has 0 saturated heterocycles. The van der Waals surface area contributed by atoms with Crippen molar-refractivity contribution in [2.24, 2.45) is 0 Å². The van der Waals surface area contributed by atoms with Crippen LogP contribution in [0.5, 0.6) is 0 Å². The number of H-pyrrole nitrogens is 2. The molecule has 4 aromatic carbocycles. The summed E-state index contributed by atoms with van der Waals surface area (Å²) in [5.74, 6) is -1.32. The second-order valence-electron chi connectivity index (χ2n) is 10.8. The van der Waals surface area contributed by atoms with Crippen LogP contribution >= 0.6 is 11.6 Å². The van der Waals surface area contributed by atoms with E-state index in [0.29, 0.717) is 38.5 Å². The van der Waals surface area contributed by atoms with Gasteiger partial charge in [-0.05, 0) is 36.4 Å². The average Bonchev–Trinajstić information content (AvgIpc) is 3.54. The van der Waals surface area contributed by atoms with Crippen LogP contribution in [0.4, 0.5) is 5.69 Å². The van der Waals surface area contributed by atoms with Crippen molar-refractivity contribution >= 4 is 73.0 Å². The van der Waals surface area contributed by atoms with Gasteiger partial charge in [0.2, 0.25) is 11.1 Å². The van der Waals surface area contributed by atoms with Gasteiger partial charge < -0.3 is 9.47 Å². The Labute approximate surface area is 300 Å². The minimum absolute atomic E-state index is 0.0387. The van der Waals surface area contributed by atoms with E-state index in [-0.39, 0.29) is 33.2 Å². The van der Waals surface area contributed by atoms with Crippen molar-refractivity contribution in [3.63, 3.8) is 0 Å². The minimum Gasteiger partial charge on any atom is -0.464 e. The van der Waals surface area contributed by atoms with E-state index in [9.17, 15) is 29.3 Å². The number of benzene rings is 4. The molecule has 18 heteroatoms. The summed E-state index contributed by atoms with van der Waals surface area (Å²) in [6, 6.07) is 27.1. The summed E-state index contributed by atoms with van der Waals surface area (Å²) in [5.41, 5.74) is 2.21. The Balaban J connectivity index is 0.000000142. The third-order valence-corrected chi connectivity index (χ3v) is 8.04. The zero-order valence-corrected chi connectivity index (χ0v) is 28.3. The summed E-state index contributed by atoms with van der Waals surface area (Å²) in [7, 11) is 2.48. The number of fused-ring (bicyclic) bond motifs is 5. The van der Waals surface area contributed by atoms with Crippen molar-refractivity contribution in [3.8, 4) is 5.69 Å². The number of carbonyl (C=O) groups excluding carboxylic acids is 2. The summed E-state index contributed by atoms with van der Waals surface area (Å²) in [6.07, 6.45) is 0. The van der Waals surface area contributed by atoms with Crippen LogP contribution in [0, 0.1) is 10.1 Å². The fourth-order valence-corrected chi connectivity index (χ4v) is 5.32. The van der Waals surface area contributed by atoms with Crippen molar-refractivity contribution in [2.75, 3.05) is 14.2 Å². The molecule has 53 heavy (non-hydrogen) atoms. The van der Waals surface area contributed by atoms with Crippen LogP contribution in [-0.4, -0.2) is 71.5 Å². The molecule has 0 atom stereocenters. The Morgan fingerprint density at radius 3 is 1.96 bits per heavy atom. The first-order valence-electron chi connectivity index (χ1n) is 15.3. The lowest BCUT2D eigenvalue weighted by Crippen LogP contribution is -2.19.